The lowest BCUT2D eigenvalue weighted by atomic mass is 10.0. The summed E-state index contributed by atoms with van der Waals surface area (Å²) < 4.78 is 1.50. The zero-order valence-corrected chi connectivity index (χ0v) is 15.8. The van der Waals surface area contributed by atoms with Gasteiger partial charge < -0.3 is 16.0 Å². The molecule has 0 unspecified atom stereocenters. The molecule has 1 atom stereocenters. The van der Waals surface area contributed by atoms with E-state index >= 15 is 0 Å². The molecule has 0 aliphatic carbocycles. The molecular weight excluding hydrogens is 362 g/mol. The van der Waals surface area contributed by atoms with Crippen molar-refractivity contribution in [3.8, 4) is 0 Å². The maximum absolute atomic E-state index is 12.4. The van der Waals surface area contributed by atoms with Crippen molar-refractivity contribution >= 4 is 23.5 Å². The Labute approximate surface area is 162 Å². The van der Waals surface area contributed by atoms with Gasteiger partial charge in [-0.3, -0.25) is 24.0 Å². The summed E-state index contributed by atoms with van der Waals surface area (Å²) in [7, 11) is 3.26. The number of carbonyl (C=O) groups excluding carboxylic acids is 3. The van der Waals surface area contributed by atoms with Gasteiger partial charge in [0, 0.05) is 39.3 Å². The SMILES string of the molecule is CNC(=O)C[C@H]1C(=O)NCCN1Cc1cccc(C(=O)Nc2cn(C)nn2)c1. The van der Waals surface area contributed by atoms with Crippen LogP contribution < -0.4 is 16.0 Å². The van der Waals surface area contributed by atoms with E-state index in [1.54, 1.807) is 38.5 Å². The van der Waals surface area contributed by atoms with Gasteiger partial charge in [0.1, 0.15) is 0 Å². The zero-order valence-electron chi connectivity index (χ0n) is 15.8. The molecule has 0 saturated carbocycles. The van der Waals surface area contributed by atoms with Crippen molar-refractivity contribution in [3.63, 3.8) is 0 Å². The topological polar surface area (TPSA) is 121 Å². The number of anilines is 1. The lowest BCUT2D eigenvalue weighted by molar-refractivity contribution is -0.134. The average Bonchev–Trinajstić information content (AvgIpc) is 3.09. The first-order valence-electron chi connectivity index (χ1n) is 8.95. The van der Waals surface area contributed by atoms with Crippen LogP contribution in [0, 0.1) is 0 Å². The highest BCUT2D eigenvalue weighted by Gasteiger charge is 2.31. The first-order chi connectivity index (χ1) is 13.5. The van der Waals surface area contributed by atoms with Crippen molar-refractivity contribution in [1.82, 2.24) is 30.5 Å². The van der Waals surface area contributed by atoms with Crippen LogP contribution in [-0.4, -0.2) is 63.8 Å². The van der Waals surface area contributed by atoms with E-state index in [1.807, 2.05) is 11.0 Å². The second-order valence-corrected chi connectivity index (χ2v) is 6.59. The van der Waals surface area contributed by atoms with Crippen molar-refractivity contribution < 1.29 is 14.4 Å². The molecule has 0 bridgehead atoms. The summed E-state index contributed by atoms with van der Waals surface area (Å²) in [6.45, 7) is 1.61. The van der Waals surface area contributed by atoms with Crippen molar-refractivity contribution in [1.29, 1.82) is 0 Å². The fraction of sp³-hybridized carbons (Fsp3) is 0.389. The minimum absolute atomic E-state index is 0.0924. The summed E-state index contributed by atoms with van der Waals surface area (Å²) in [5.74, 6) is -0.271. The van der Waals surface area contributed by atoms with Crippen LogP contribution in [0.15, 0.2) is 30.5 Å². The first kappa shape index (κ1) is 19.5. The monoisotopic (exact) mass is 385 g/mol. The normalized spacial score (nSPS) is 17.1. The lowest BCUT2D eigenvalue weighted by Gasteiger charge is -2.34. The van der Waals surface area contributed by atoms with Gasteiger partial charge >= 0.3 is 0 Å². The van der Waals surface area contributed by atoms with Crippen LogP contribution in [0.5, 0.6) is 0 Å². The van der Waals surface area contributed by atoms with Crippen LogP contribution in [0.4, 0.5) is 5.82 Å². The first-order valence-corrected chi connectivity index (χ1v) is 8.95. The molecule has 148 valence electrons. The van der Waals surface area contributed by atoms with E-state index in [0.29, 0.717) is 31.0 Å². The van der Waals surface area contributed by atoms with E-state index in [2.05, 4.69) is 26.3 Å². The Morgan fingerprint density at radius 3 is 2.89 bits per heavy atom. The minimum atomic E-state index is -0.536. The fourth-order valence-corrected chi connectivity index (χ4v) is 3.09. The number of aromatic nitrogens is 3. The van der Waals surface area contributed by atoms with Gasteiger partial charge in [-0.05, 0) is 17.7 Å². The molecule has 10 heteroatoms. The van der Waals surface area contributed by atoms with Gasteiger partial charge in [0.2, 0.25) is 11.8 Å². The number of nitrogens with one attached hydrogen (secondary N) is 3. The van der Waals surface area contributed by atoms with E-state index in [4.69, 9.17) is 0 Å². The van der Waals surface area contributed by atoms with Crippen molar-refractivity contribution in [2.45, 2.75) is 19.0 Å². The van der Waals surface area contributed by atoms with Crippen molar-refractivity contribution in [2.75, 3.05) is 25.5 Å². The third-order valence-corrected chi connectivity index (χ3v) is 4.52. The standard InChI is InChI=1S/C18H23N7O3/c1-19-16(26)9-14-18(28)20-6-7-25(14)10-12-4-3-5-13(8-12)17(27)21-15-11-24(2)23-22-15/h3-5,8,11,14H,6-7,9-10H2,1-2H3,(H,19,26)(H,20,28)(H,21,27)/t14-/m0/s1. The average molecular weight is 385 g/mol. The largest absolute Gasteiger partial charge is 0.359 e. The Morgan fingerprint density at radius 1 is 1.36 bits per heavy atom. The number of piperazine rings is 1. The number of amides is 3. The highest BCUT2D eigenvalue weighted by molar-refractivity contribution is 6.03. The summed E-state index contributed by atoms with van der Waals surface area (Å²) in [5.41, 5.74) is 1.36. The second kappa shape index (κ2) is 8.61. The van der Waals surface area contributed by atoms with Crippen LogP contribution >= 0.6 is 0 Å². The number of carbonyl (C=O) groups is 3. The number of hydrogen-bond acceptors (Lipinski definition) is 6. The van der Waals surface area contributed by atoms with Crippen LogP contribution in [0.25, 0.3) is 0 Å². The molecule has 3 amide bonds. The van der Waals surface area contributed by atoms with Gasteiger partial charge in [-0.25, -0.2) is 0 Å². The maximum atomic E-state index is 12.4. The fourth-order valence-electron chi connectivity index (χ4n) is 3.09. The van der Waals surface area contributed by atoms with Crippen molar-refractivity contribution in [3.05, 3.63) is 41.6 Å². The zero-order chi connectivity index (χ0) is 20.1. The van der Waals surface area contributed by atoms with Gasteiger partial charge in [-0.1, -0.05) is 17.3 Å². The summed E-state index contributed by atoms with van der Waals surface area (Å²) in [4.78, 5) is 38.4. The van der Waals surface area contributed by atoms with Gasteiger partial charge in [0.15, 0.2) is 5.82 Å². The molecule has 3 rings (SSSR count). The molecule has 1 fully saturated rings. The van der Waals surface area contributed by atoms with E-state index in [1.165, 1.54) is 4.68 Å². The van der Waals surface area contributed by atoms with Gasteiger partial charge in [0.05, 0.1) is 18.7 Å². The predicted molar refractivity (Wildman–Crippen MR) is 101 cm³/mol. The quantitative estimate of drug-likeness (QED) is 0.617. The van der Waals surface area contributed by atoms with Gasteiger partial charge in [0.25, 0.3) is 5.91 Å². The van der Waals surface area contributed by atoms with Crippen molar-refractivity contribution in [2.24, 2.45) is 7.05 Å². The van der Waals surface area contributed by atoms with E-state index in [9.17, 15) is 14.4 Å². The smallest absolute Gasteiger partial charge is 0.256 e. The number of rotatable bonds is 6. The van der Waals surface area contributed by atoms with Crippen LogP contribution in [-0.2, 0) is 23.2 Å². The molecule has 2 heterocycles. The molecule has 28 heavy (non-hydrogen) atoms. The Hall–Kier alpha value is -3.27. The number of aryl methyl sites for hydroxylation is 1. The van der Waals surface area contributed by atoms with E-state index in [-0.39, 0.29) is 24.1 Å². The Kier molecular flexibility index (Phi) is 5.99. The Morgan fingerprint density at radius 2 is 2.18 bits per heavy atom. The highest BCUT2D eigenvalue weighted by atomic mass is 16.2. The van der Waals surface area contributed by atoms with Crippen LogP contribution in [0.3, 0.4) is 0 Å². The minimum Gasteiger partial charge on any atom is -0.359 e. The Bertz CT molecular complexity index is 880. The summed E-state index contributed by atoms with van der Waals surface area (Å²) in [6, 6.07) is 6.63. The number of nitrogens with zero attached hydrogens (tertiary/aromatic N) is 4. The number of hydrogen-bond donors (Lipinski definition) is 3. The van der Waals surface area contributed by atoms with E-state index in [0.717, 1.165) is 5.56 Å². The van der Waals surface area contributed by atoms with Crippen LogP contribution in [0.1, 0.15) is 22.3 Å². The maximum Gasteiger partial charge on any atom is 0.256 e. The second-order valence-electron chi connectivity index (χ2n) is 6.59. The van der Waals surface area contributed by atoms with Crippen LogP contribution in [0.2, 0.25) is 0 Å². The lowest BCUT2D eigenvalue weighted by Crippen LogP contribution is -2.56. The summed E-state index contributed by atoms with van der Waals surface area (Å²) in [5, 5.41) is 15.7. The molecule has 2 aromatic rings. The van der Waals surface area contributed by atoms with Gasteiger partial charge in [-0.2, -0.15) is 0 Å². The third kappa shape index (κ3) is 4.71. The third-order valence-electron chi connectivity index (χ3n) is 4.52. The number of benzene rings is 1. The molecule has 1 aliphatic heterocycles. The molecule has 1 aromatic heterocycles. The highest BCUT2D eigenvalue weighted by Crippen LogP contribution is 2.16. The van der Waals surface area contributed by atoms with E-state index < -0.39 is 6.04 Å². The summed E-state index contributed by atoms with van der Waals surface area (Å²) in [6.07, 6.45) is 1.70. The predicted octanol–water partition coefficient (Wildman–Crippen LogP) is -0.496. The molecule has 10 nitrogen and oxygen atoms in total. The molecule has 3 N–H and O–H groups in total. The molecule has 1 aliphatic rings. The molecule has 0 spiro atoms. The molecule has 1 aromatic carbocycles. The summed E-state index contributed by atoms with van der Waals surface area (Å²) >= 11 is 0. The molecule has 1 saturated heterocycles. The molecule has 0 radical (unpaired) electrons. The molecular formula is C18H23N7O3. The van der Waals surface area contributed by atoms with Gasteiger partial charge in [-0.15, -0.1) is 5.10 Å². The Balaban J connectivity index is 1.71.